The molecule has 3 rings (SSSR count). The van der Waals surface area contributed by atoms with Gasteiger partial charge < -0.3 is 15.5 Å². The molecule has 6 heteroatoms. The molecule has 0 aromatic rings. The fraction of sp³-hybridized carbons (Fsp3) is 0.778. The SMILES string of the molecule is CC1CCC(N2CC(C(=O)NCC3=CCNCC3)CC2=O)CC1.Cl. The van der Waals surface area contributed by atoms with Gasteiger partial charge in [-0.3, -0.25) is 9.59 Å². The Kier molecular flexibility index (Phi) is 7.11. The van der Waals surface area contributed by atoms with Crippen LogP contribution >= 0.6 is 12.4 Å². The first-order valence-electron chi connectivity index (χ1n) is 9.09. The van der Waals surface area contributed by atoms with Crippen LogP contribution in [0.1, 0.15) is 45.4 Å². The van der Waals surface area contributed by atoms with Crippen LogP contribution in [0.4, 0.5) is 0 Å². The summed E-state index contributed by atoms with van der Waals surface area (Å²) in [6, 6.07) is 0.364. The summed E-state index contributed by atoms with van der Waals surface area (Å²) in [6.45, 7) is 5.41. The number of hydrogen-bond acceptors (Lipinski definition) is 3. The molecule has 2 fully saturated rings. The van der Waals surface area contributed by atoms with E-state index in [2.05, 4.69) is 23.6 Å². The number of amides is 2. The fourth-order valence-electron chi connectivity index (χ4n) is 3.99. The van der Waals surface area contributed by atoms with E-state index in [4.69, 9.17) is 0 Å². The number of nitrogens with zero attached hydrogens (tertiary/aromatic N) is 1. The Balaban J connectivity index is 0.00000208. The Morgan fingerprint density at radius 2 is 2.08 bits per heavy atom. The highest BCUT2D eigenvalue weighted by molar-refractivity contribution is 5.89. The molecule has 1 saturated carbocycles. The quantitative estimate of drug-likeness (QED) is 0.757. The van der Waals surface area contributed by atoms with Gasteiger partial charge in [-0.25, -0.2) is 0 Å². The predicted molar refractivity (Wildman–Crippen MR) is 97.1 cm³/mol. The lowest BCUT2D eigenvalue weighted by Gasteiger charge is -2.33. The maximum Gasteiger partial charge on any atom is 0.225 e. The largest absolute Gasteiger partial charge is 0.352 e. The summed E-state index contributed by atoms with van der Waals surface area (Å²) in [5.41, 5.74) is 1.29. The monoisotopic (exact) mass is 355 g/mol. The summed E-state index contributed by atoms with van der Waals surface area (Å²) < 4.78 is 0. The van der Waals surface area contributed by atoms with Crippen LogP contribution in [0.25, 0.3) is 0 Å². The van der Waals surface area contributed by atoms with Crippen molar-refractivity contribution in [3.05, 3.63) is 11.6 Å². The highest BCUT2D eigenvalue weighted by atomic mass is 35.5. The van der Waals surface area contributed by atoms with Gasteiger partial charge in [0.2, 0.25) is 11.8 Å². The van der Waals surface area contributed by atoms with Crippen LogP contribution in [0.3, 0.4) is 0 Å². The van der Waals surface area contributed by atoms with E-state index in [1.807, 2.05) is 4.90 Å². The molecule has 0 aromatic carbocycles. The zero-order chi connectivity index (χ0) is 16.2. The van der Waals surface area contributed by atoms with Crippen LogP contribution < -0.4 is 10.6 Å². The van der Waals surface area contributed by atoms with E-state index < -0.39 is 0 Å². The van der Waals surface area contributed by atoms with Crippen LogP contribution in [-0.4, -0.2) is 48.9 Å². The van der Waals surface area contributed by atoms with Gasteiger partial charge in [0.05, 0.1) is 5.92 Å². The van der Waals surface area contributed by atoms with Gasteiger partial charge >= 0.3 is 0 Å². The van der Waals surface area contributed by atoms with Gasteiger partial charge in [0, 0.05) is 32.1 Å². The molecule has 0 bridgehead atoms. The number of hydrogen-bond donors (Lipinski definition) is 2. The van der Waals surface area contributed by atoms with Gasteiger partial charge in [-0.15, -0.1) is 12.4 Å². The Morgan fingerprint density at radius 1 is 1.33 bits per heavy atom. The second-order valence-corrected chi connectivity index (χ2v) is 7.40. The maximum atomic E-state index is 12.4. The molecular weight excluding hydrogens is 326 g/mol. The summed E-state index contributed by atoms with van der Waals surface area (Å²) in [4.78, 5) is 26.7. The van der Waals surface area contributed by atoms with Crippen LogP contribution in [0.2, 0.25) is 0 Å². The van der Waals surface area contributed by atoms with E-state index in [1.54, 1.807) is 0 Å². The van der Waals surface area contributed by atoms with Crippen molar-refractivity contribution >= 4 is 24.2 Å². The van der Waals surface area contributed by atoms with Gasteiger partial charge in [0.25, 0.3) is 0 Å². The van der Waals surface area contributed by atoms with E-state index in [9.17, 15) is 9.59 Å². The normalized spacial score (nSPS) is 30.5. The molecule has 1 aliphatic carbocycles. The Hall–Kier alpha value is -1.07. The van der Waals surface area contributed by atoms with E-state index in [0.717, 1.165) is 38.3 Å². The first kappa shape index (κ1) is 19.3. The van der Waals surface area contributed by atoms with Crippen molar-refractivity contribution in [1.82, 2.24) is 15.5 Å². The minimum absolute atomic E-state index is 0. The molecule has 1 unspecified atom stereocenters. The number of carbonyl (C=O) groups is 2. The summed E-state index contributed by atoms with van der Waals surface area (Å²) in [5.74, 6) is 0.834. The van der Waals surface area contributed by atoms with Crippen molar-refractivity contribution in [3.8, 4) is 0 Å². The molecule has 2 amide bonds. The van der Waals surface area contributed by atoms with Crippen molar-refractivity contribution in [2.45, 2.75) is 51.5 Å². The molecule has 1 saturated heterocycles. The Bertz CT molecular complexity index is 487. The number of halogens is 1. The Labute approximate surface area is 151 Å². The summed E-state index contributed by atoms with van der Waals surface area (Å²) >= 11 is 0. The van der Waals surface area contributed by atoms with Crippen LogP contribution in [0.15, 0.2) is 11.6 Å². The molecule has 2 N–H and O–H groups in total. The van der Waals surface area contributed by atoms with Crippen LogP contribution in [-0.2, 0) is 9.59 Å². The fourth-order valence-corrected chi connectivity index (χ4v) is 3.99. The van der Waals surface area contributed by atoms with Crippen molar-refractivity contribution in [2.75, 3.05) is 26.2 Å². The van der Waals surface area contributed by atoms with E-state index >= 15 is 0 Å². The van der Waals surface area contributed by atoms with Gasteiger partial charge in [-0.2, -0.15) is 0 Å². The third-order valence-electron chi connectivity index (χ3n) is 5.60. The summed E-state index contributed by atoms with van der Waals surface area (Å²) in [5, 5.41) is 6.30. The smallest absolute Gasteiger partial charge is 0.225 e. The average Bonchev–Trinajstić information content (AvgIpc) is 2.96. The lowest BCUT2D eigenvalue weighted by molar-refractivity contribution is -0.130. The van der Waals surface area contributed by atoms with Gasteiger partial charge in [0.1, 0.15) is 0 Å². The second-order valence-electron chi connectivity index (χ2n) is 7.40. The van der Waals surface area contributed by atoms with E-state index in [-0.39, 0.29) is 30.1 Å². The van der Waals surface area contributed by atoms with Crippen LogP contribution in [0.5, 0.6) is 0 Å². The number of likely N-dealkylation sites (tertiary alicyclic amines) is 1. The van der Waals surface area contributed by atoms with Crippen molar-refractivity contribution in [1.29, 1.82) is 0 Å². The maximum absolute atomic E-state index is 12.4. The molecule has 136 valence electrons. The van der Waals surface area contributed by atoms with Gasteiger partial charge in [-0.05, 0) is 44.6 Å². The lowest BCUT2D eigenvalue weighted by atomic mass is 9.87. The molecule has 0 aromatic heterocycles. The standard InChI is InChI=1S/C18H29N3O2.ClH/c1-13-2-4-16(5-3-13)21-12-15(10-17(21)22)18(23)20-11-14-6-8-19-9-7-14;/h6,13,15-16,19H,2-5,7-12H2,1H3,(H,20,23);1H. The molecule has 3 aliphatic rings. The molecule has 5 nitrogen and oxygen atoms in total. The minimum atomic E-state index is -0.163. The Morgan fingerprint density at radius 3 is 2.75 bits per heavy atom. The number of carbonyl (C=O) groups excluding carboxylic acids is 2. The minimum Gasteiger partial charge on any atom is -0.352 e. The van der Waals surface area contributed by atoms with Gasteiger partial charge in [0.15, 0.2) is 0 Å². The van der Waals surface area contributed by atoms with E-state index in [1.165, 1.54) is 18.4 Å². The molecule has 2 aliphatic heterocycles. The van der Waals surface area contributed by atoms with Crippen molar-refractivity contribution in [3.63, 3.8) is 0 Å². The molecule has 0 radical (unpaired) electrons. The van der Waals surface area contributed by atoms with Crippen LogP contribution in [0, 0.1) is 11.8 Å². The predicted octanol–water partition coefficient (Wildman–Crippen LogP) is 1.87. The first-order valence-corrected chi connectivity index (χ1v) is 9.09. The topological polar surface area (TPSA) is 61.4 Å². The molecule has 0 spiro atoms. The molecular formula is C18H30ClN3O2. The molecule has 2 heterocycles. The summed E-state index contributed by atoms with van der Waals surface area (Å²) in [6.07, 6.45) is 8.14. The number of nitrogens with one attached hydrogen (secondary N) is 2. The lowest BCUT2D eigenvalue weighted by Crippen LogP contribution is -2.40. The van der Waals surface area contributed by atoms with Gasteiger partial charge in [-0.1, -0.05) is 18.6 Å². The zero-order valence-electron chi connectivity index (χ0n) is 14.6. The van der Waals surface area contributed by atoms with E-state index in [0.29, 0.717) is 25.6 Å². The summed E-state index contributed by atoms with van der Waals surface area (Å²) in [7, 11) is 0. The van der Waals surface area contributed by atoms with Crippen molar-refractivity contribution in [2.24, 2.45) is 11.8 Å². The molecule has 1 atom stereocenters. The zero-order valence-corrected chi connectivity index (χ0v) is 15.4. The van der Waals surface area contributed by atoms with Crippen molar-refractivity contribution < 1.29 is 9.59 Å². The first-order chi connectivity index (χ1) is 11.1. The third-order valence-corrected chi connectivity index (χ3v) is 5.60. The molecule has 24 heavy (non-hydrogen) atoms. The highest BCUT2D eigenvalue weighted by Crippen LogP contribution is 2.31. The third kappa shape index (κ3) is 4.73. The second kappa shape index (κ2) is 8.86. The average molecular weight is 356 g/mol. The number of rotatable bonds is 4. The highest BCUT2D eigenvalue weighted by Gasteiger charge is 2.38.